The number of aryl methyl sites for hydroxylation is 1. The van der Waals surface area contributed by atoms with Crippen LogP contribution in [0.15, 0.2) is 30.5 Å². The predicted octanol–water partition coefficient (Wildman–Crippen LogP) is 1.60. The van der Waals surface area contributed by atoms with Crippen molar-refractivity contribution < 1.29 is 9.59 Å². The Morgan fingerprint density at radius 2 is 2.19 bits per heavy atom. The minimum Gasteiger partial charge on any atom is -0.352 e. The highest BCUT2D eigenvalue weighted by Crippen LogP contribution is 2.29. The minimum atomic E-state index is -0.593. The molecule has 6 heteroatoms. The third-order valence-electron chi connectivity index (χ3n) is 5.75. The van der Waals surface area contributed by atoms with E-state index >= 15 is 0 Å². The van der Waals surface area contributed by atoms with Crippen molar-refractivity contribution in [2.75, 3.05) is 13.1 Å². The number of nitrogens with one attached hydrogen (secondary N) is 1. The van der Waals surface area contributed by atoms with Gasteiger partial charge in [0.05, 0.1) is 12.5 Å². The van der Waals surface area contributed by atoms with Gasteiger partial charge in [-0.15, -0.1) is 0 Å². The standard InChI is InChI=1S/C20H22N4O2/c1-23-11-14(16-4-2-3-5-18(16)23)9-19(25)24-7-6-17-15(12-24)8-13(10-21)20(26)22-17/h2-5,11,13,15,17H,6-9,12H2,1H3,(H,22,26). The highest BCUT2D eigenvalue weighted by atomic mass is 16.2. The first-order chi connectivity index (χ1) is 12.6. The lowest BCUT2D eigenvalue weighted by atomic mass is 9.80. The van der Waals surface area contributed by atoms with Gasteiger partial charge in [0.25, 0.3) is 0 Å². The number of nitrogens with zero attached hydrogens (tertiary/aromatic N) is 3. The van der Waals surface area contributed by atoms with E-state index in [2.05, 4.69) is 28.1 Å². The number of amides is 2. The third kappa shape index (κ3) is 2.84. The molecule has 134 valence electrons. The first-order valence-electron chi connectivity index (χ1n) is 9.07. The van der Waals surface area contributed by atoms with Gasteiger partial charge in [-0.05, 0) is 30.4 Å². The molecule has 3 heterocycles. The molecule has 2 fully saturated rings. The van der Waals surface area contributed by atoms with E-state index < -0.39 is 5.92 Å². The van der Waals surface area contributed by atoms with Crippen LogP contribution in [0.5, 0.6) is 0 Å². The molecule has 1 aromatic carbocycles. The van der Waals surface area contributed by atoms with E-state index in [1.54, 1.807) is 0 Å². The van der Waals surface area contributed by atoms with Crippen molar-refractivity contribution in [3.05, 3.63) is 36.0 Å². The fourth-order valence-electron chi connectivity index (χ4n) is 4.33. The molecule has 1 N–H and O–H groups in total. The average Bonchev–Trinajstić information content (AvgIpc) is 2.96. The summed E-state index contributed by atoms with van der Waals surface area (Å²) in [5, 5.41) is 13.2. The van der Waals surface area contributed by atoms with Crippen LogP contribution in [0.4, 0.5) is 0 Å². The minimum absolute atomic E-state index is 0.0914. The van der Waals surface area contributed by atoms with Crippen LogP contribution in [0, 0.1) is 23.2 Å². The van der Waals surface area contributed by atoms with Gasteiger partial charge in [0, 0.05) is 43.3 Å². The van der Waals surface area contributed by atoms with Crippen LogP contribution in [-0.2, 0) is 23.1 Å². The second kappa shape index (κ2) is 6.49. The van der Waals surface area contributed by atoms with Gasteiger partial charge in [0.15, 0.2) is 0 Å². The van der Waals surface area contributed by atoms with E-state index in [9.17, 15) is 9.59 Å². The molecule has 2 amide bonds. The summed E-state index contributed by atoms with van der Waals surface area (Å²) in [6, 6.07) is 10.3. The van der Waals surface area contributed by atoms with Crippen LogP contribution < -0.4 is 5.32 Å². The van der Waals surface area contributed by atoms with E-state index in [4.69, 9.17) is 5.26 Å². The van der Waals surface area contributed by atoms with Crippen LogP contribution in [-0.4, -0.2) is 40.4 Å². The van der Waals surface area contributed by atoms with Crippen molar-refractivity contribution in [2.45, 2.75) is 25.3 Å². The van der Waals surface area contributed by atoms with Gasteiger partial charge in [0.2, 0.25) is 11.8 Å². The maximum atomic E-state index is 12.9. The van der Waals surface area contributed by atoms with Gasteiger partial charge in [-0.3, -0.25) is 9.59 Å². The average molecular weight is 350 g/mol. The quantitative estimate of drug-likeness (QED) is 0.893. The summed E-state index contributed by atoms with van der Waals surface area (Å²) in [6.07, 6.45) is 3.72. The molecule has 2 saturated heterocycles. The number of rotatable bonds is 2. The number of nitriles is 1. The van der Waals surface area contributed by atoms with Crippen molar-refractivity contribution in [1.29, 1.82) is 5.26 Å². The summed E-state index contributed by atoms with van der Waals surface area (Å²) in [5.41, 5.74) is 2.17. The molecule has 2 aliphatic rings. The van der Waals surface area contributed by atoms with Gasteiger partial charge in [-0.2, -0.15) is 5.26 Å². The number of hydrogen-bond acceptors (Lipinski definition) is 3. The number of carbonyl (C=O) groups is 2. The number of hydrogen-bond donors (Lipinski definition) is 1. The number of aromatic nitrogens is 1. The zero-order valence-corrected chi connectivity index (χ0v) is 14.8. The monoisotopic (exact) mass is 350 g/mol. The van der Waals surface area contributed by atoms with Crippen LogP contribution in [0.2, 0.25) is 0 Å². The van der Waals surface area contributed by atoms with E-state index in [0.717, 1.165) is 22.9 Å². The lowest BCUT2D eigenvalue weighted by Gasteiger charge is -2.42. The molecule has 2 aromatic rings. The molecule has 0 saturated carbocycles. The molecule has 2 aliphatic heterocycles. The predicted molar refractivity (Wildman–Crippen MR) is 97.0 cm³/mol. The normalized spacial score (nSPS) is 25.5. The summed E-state index contributed by atoms with van der Waals surface area (Å²) in [7, 11) is 1.99. The first kappa shape index (κ1) is 16.6. The van der Waals surface area contributed by atoms with Crippen LogP contribution in [0.3, 0.4) is 0 Å². The zero-order chi connectivity index (χ0) is 18.3. The maximum Gasteiger partial charge on any atom is 0.237 e. The second-order valence-corrected chi connectivity index (χ2v) is 7.38. The van der Waals surface area contributed by atoms with Gasteiger partial charge >= 0.3 is 0 Å². The Hall–Kier alpha value is -2.81. The number of carbonyl (C=O) groups excluding carboxylic acids is 2. The highest BCUT2D eigenvalue weighted by Gasteiger charge is 2.39. The Balaban J connectivity index is 1.47. The van der Waals surface area contributed by atoms with Crippen molar-refractivity contribution in [3.8, 4) is 6.07 Å². The third-order valence-corrected chi connectivity index (χ3v) is 5.75. The van der Waals surface area contributed by atoms with Gasteiger partial charge in [-0.1, -0.05) is 18.2 Å². The lowest BCUT2D eigenvalue weighted by Crippen LogP contribution is -2.57. The summed E-state index contributed by atoms with van der Waals surface area (Å²) in [4.78, 5) is 26.6. The van der Waals surface area contributed by atoms with Gasteiger partial charge in [-0.25, -0.2) is 0 Å². The fraction of sp³-hybridized carbons (Fsp3) is 0.450. The topological polar surface area (TPSA) is 78.1 Å². The van der Waals surface area contributed by atoms with E-state index in [1.807, 2.05) is 30.3 Å². The SMILES string of the molecule is Cn1cc(CC(=O)N2CCC3NC(=O)C(C#N)CC3C2)c2ccccc21. The van der Waals surface area contributed by atoms with Crippen molar-refractivity contribution in [3.63, 3.8) is 0 Å². The molecule has 1 aromatic heterocycles. The Bertz CT molecular complexity index is 910. The molecule has 4 rings (SSSR count). The zero-order valence-electron chi connectivity index (χ0n) is 14.8. The molecular weight excluding hydrogens is 328 g/mol. The molecule has 3 unspecified atom stereocenters. The van der Waals surface area contributed by atoms with Crippen LogP contribution >= 0.6 is 0 Å². The van der Waals surface area contributed by atoms with Gasteiger partial charge in [0.1, 0.15) is 5.92 Å². The molecule has 0 radical (unpaired) electrons. The summed E-state index contributed by atoms with van der Waals surface area (Å²) in [5.74, 6) is -0.471. The maximum absolute atomic E-state index is 12.9. The molecule has 26 heavy (non-hydrogen) atoms. The van der Waals surface area contributed by atoms with Crippen molar-refractivity contribution >= 4 is 22.7 Å². The van der Waals surface area contributed by atoms with E-state index in [-0.39, 0.29) is 23.8 Å². The molecule has 6 nitrogen and oxygen atoms in total. The number of para-hydroxylation sites is 1. The fourth-order valence-corrected chi connectivity index (χ4v) is 4.33. The second-order valence-electron chi connectivity index (χ2n) is 7.38. The van der Waals surface area contributed by atoms with E-state index in [1.165, 1.54) is 0 Å². The van der Waals surface area contributed by atoms with E-state index in [0.29, 0.717) is 25.9 Å². The number of fused-ring (bicyclic) bond motifs is 2. The molecule has 0 aliphatic carbocycles. The Labute approximate surface area is 152 Å². The number of likely N-dealkylation sites (tertiary alicyclic amines) is 1. The number of benzene rings is 1. The Morgan fingerprint density at radius 1 is 1.38 bits per heavy atom. The first-order valence-corrected chi connectivity index (χ1v) is 9.07. The lowest BCUT2D eigenvalue weighted by molar-refractivity contribution is -0.135. The van der Waals surface area contributed by atoms with Crippen molar-refractivity contribution in [1.82, 2.24) is 14.8 Å². The largest absolute Gasteiger partial charge is 0.352 e. The summed E-state index contributed by atoms with van der Waals surface area (Å²) < 4.78 is 2.05. The highest BCUT2D eigenvalue weighted by molar-refractivity contribution is 5.89. The summed E-state index contributed by atoms with van der Waals surface area (Å²) >= 11 is 0. The Morgan fingerprint density at radius 3 is 3.00 bits per heavy atom. The van der Waals surface area contributed by atoms with Crippen LogP contribution in [0.1, 0.15) is 18.4 Å². The summed E-state index contributed by atoms with van der Waals surface area (Å²) in [6.45, 7) is 1.27. The van der Waals surface area contributed by atoms with Crippen LogP contribution in [0.25, 0.3) is 10.9 Å². The smallest absolute Gasteiger partial charge is 0.237 e. The molecule has 0 bridgehead atoms. The number of piperidine rings is 2. The Kier molecular flexibility index (Phi) is 4.15. The molecular formula is C20H22N4O2. The molecule has 3 atom stereocenters. The van der Waals surface area contributed by atoms with Gasteiger partial charge < -0.3 is 14.8 Å². The molecule has 0 spiro atoms. The van der Waals surface area contributed by atoms with Crippen molar-refractivity contribution in [2.24, 2.45) is 18.9 Å².